The maximum Gasteiger partial charge on any atom is 0.371 e. The van der Waals surface area contributed by atoms with Crippen LogP contribution in [0, 0.1) is 6.92 Å². The molecule has 1 heterocycles. The van der Waals surface area contributed by atoms with Gasteiger partial charge in [0, 0.05) is 11.1 Å². The largest absolute Gasteiger partial charge is 0.507 e. The third kappa shape index (κ3) is 3.82. The van der Waals surface area contributed by atoms with Gasteiger partial charge >= 0.3 is 5.97 Å². The van der Waals surface area contributed by atoms with E-state index in [2.05, 4.69) is 10.3 Å². The van der Waals surface area contributed by atoms with Crippen molar-refractivity contribution < 1.29 is 19.3 Å². The molecule has 2 aromatic carbocycles. The molecular weight excluding hydrogens is 391 g/mol. The molecule has 138 valence electrons. The Balaban J connectivity index is 1.94. The van der Waals surface area contributed by atoms with Crippen LogP contribution in [-0.4, -0.2) is 21.9 Å². The van der Waals surface area contributed by atoms with E-state index in [1.807, 2.05) is 0 Å². The number of carbonyl (C=O) groups excluding carboxylic acids is 1. The van der Waals surface area contributed by atoms with Crippen molar-refractivity contribution in [2.24, 2.45) is 5.16 Å². The number of phenolic OH excluding ortho intramolecular Hbond substituents is 1. The van der Waals surface area contributed by atoms with Gasteiger partial charge in [0.05, 0.1) is 15.8 Å². The maximum atomic E-state index is 12.6. The Morgan fingerprint density at radius 3 is 2.48 bits per heavy atom. The standard InChI is InChI=1S/C19H14Cl2N2O4/c1-10(12-6-3-4-9-15(12)24)22-27-19(25)16-11(2)26-23-18(16)17-13(20)7-5-8-14(17)21/h3-9,24H,1-2H3/b22-10-. The third-order valence-corrected chi connectivity index (χ3v) is 4.46. The molecule has 0 aliphatic carbocycles. The van der Waals surface area contributed by atoms with Crippen molar-refractivity contribution in [3.63, 3.8) is 0 Å². The first kappa shape index (κ1) is 18.9. The van der Waals surface area contributed by atoms with E-state index in [0.29, 0.717) is 26.9 Å². The maximum absolute atomic E-state index is 12.6. The molecule has 27 heavy (non-hydrogen) atoms. The van der Waals surface area contributed by atoms with Gasteiger partial charge in [0.15, 0.2) is 0 Å². The van der Waals surface area contributed by atoms with E-state index in [9.17, 15) is 9.90 Å². The van der Waals surface area contributed by atoms with Crippen LogP contribution in [0.5, 0.6) is 5.75 Å². The van der Waals surface area contributed by atoms with Crippen LogP contribution in [0.2, 0.25) is 10.0 Å². The van der Waals surface area contributed by atoms with Crippen LogP contribution >= 0.6 is 23.2 Å². The van der Waals surface area contributed by atoms with Gasteiger partial charge in [-0.3, -0.25) is 0 Å². The first-order valence-corrected chi connectivity index (χ1v) is 8.60. The summed E-state index contributed by atoms with van der Waals surface area (Å²) in [5, 5.41) is 18.2. The Kier molecular flexibility index (Phi) is 5.48. The number of phenols is 1. The molecule has 0 atom stereocenters. The van der Waals surface area contributed by atoms with Crippen LogP contribution in [-0.2, 0) is 4.84 Å². The summed E-state index contributed by atoms with van der Waals surface area (Å²) < 4.78 is 5.14. The molecule has 6 nitrogen and oxygen atoms in total. The summed E-state index contributed by atoms with van der Waals surface area (Å²) in [4.78, 5) is 17.6. The fraction of sp³-hybridized carbons (Fsp3) is 0.105. The molecule has 3 aromatic rings. The van der Waals surface area contributed by atoms with Crippen LogP contribution in [0.3, 0.4) is 0 Å². The molecule has 8 heteroatoms. The summed E-state index contributed by atoms with van der Waals surface area (Å²) in [5.74, 6) is -0.518. The highest BCUT2D eigenvalue weighted by atomic mass is 35.5. The second-order valence-electron chi connectivity index (χ2n) is 5.63. The minimum Gasteiger partial charge on any atom is -0.507 e. The topological polar surface area (TPSA) is 84.9 Å². The number of carbonyl (C=O) groups is 1. The van der Waals surface area contributed by atoms with Crippen LogP contribution in [0.1, 0.15) is 28.6 Å². The molecule has 0 aliphatic heterocycles. The average molecular weight is 405 g/mol. The fourth-order valence-electron chi connectivity index (χ4n) is 2.49. The van der Waals surface area contributed by atoms with Gasteiger partial charge in [0.25, 0.3) is 0 Å². The molecule has 0 spiro atoms. The molecule has 0 amide bonds. The van der Waals surface area contributed by atoms with Crippen molar-refractivity contribution in [2.75, 3.05) is 0 Å². The van der Waals surface area contributed by atoms with E-state index in [1.54, 1.807) is 50.2 Å². The quantitative estimate of drug-likeness (QED) is 0.364. The lowest BCUT2D eigenvalue weighted by atomic mass is 10.1. The third-order valence-electron chi connectivity index (χ3n) is 3.83. The highest BCUT2D eigenvalue weighted by Crippen LogP contribution is 2.37. The van der Waals surface area contributed by atoms with Crippen molar-refractivity contribution in [3.8, 4) is 17.0 Å². The van der Waals surface area contributed by atoms with Crippen molar-refractivity contribution in [2.45, 2.75) is 13.8 Å². The predicted octanol–water partition coefficient (Wildman–Crippen LogP) is 5.24. The lowest BCUT2D eigenvalue weighted by molar-refractivity contribution is 0.0515. The number of halogens is 2. The van der Waals surface area contributed by atoms with E-state index in [-0.39, 0.29) is 22.8 Å². The lowest BCUT2D eigenvalue weighted by Gasteiger charge is -2.06. The number of oxime groups is 1. The number of para-hydroxylation sites is 1. The van der Waals surface area contributed by atoms with Crippen molar-refractivity contribution in [1.82, 2.24) is 5.16 Å². The average Bonchev–Trinajstić information content (AvgIpc) is 3.01. The fourth-order valence-corrected chi connectivity index (χ4v) is 3.07. The van der Waals surface area contributed by atoms with E-state index in [4.69, 9.17) is 32.6 Å². The molecular formula is C19H14Cl2N2O4. The van der Waals surface area contributed by atoms with E-state index < -0.39 is 5.97 Å². The number of aryl methyl sites for hydroxylation is 1. The van der Waals surface area contributed by atoms with Gasteiger partial charge < -0.3 is 14.5 Å². The SMILES string of the molecule is C/C(=N/OC(=O)c1c(-c2c(Cl)cccc2Cl)noc1C)c1ccccc1O. The Morgan fingerprint density at radius 2 is 1.81 bits per heavy atom. The lowest BCUT2D eigenvalue weighted by Crippen LogP contribution is -2.06. The zero-order valence-electron chi connectivity index (χ0n) is 14.4. The van der Waals surface area contributed by atoms with Crippen molar-refractivity contribution >= 4 is 34.9 Å². The van der Waals surface area contributed by atoms with Crippen molar-refractivity contribution in [1.29, 1.82) is 0 Å². The summed E-state index contributed by atoms with van der Waals surface area (Å²) in [6.07, 6.45) is 0. The molecule has 1 N–H and O–H groups in total. The van der Waals surface area contributed by atoms with Crippen LogP contribution in [0.4, 0.5) is 0 Å². The number of hydrogen-bond acceptors (Lipinski definition) is 6. The summed E-state index contributed by atoms with van der Waals surface area (Å²) in [6, 6.07) is 11.5. The number of nitrogens with zero attached hydrogens (tertiary/aromatic N) is 2. The van der Waals surface area contributed by atoms with Crippen LogP contribution in [0.15, 0.2) is 52.1 Å². The van der Waals surface area contributed by atoms with Gasteiger partial charge in [0.1, 0.15) is 22.8 Å². The van der Waals surface area contributed by atoms with Gasteiger partial charge in [-0.2, -0.15) is 0 Å². The summed E-state index contributed by atoms with van der Waals surface area (Å²) in [6.45, 7) is 3.17. The van der Waals surface area contributed by atoms with Gasteiger partial charge in [0.2, 0.25) is 0 Å². The van der Waals surface area contributed by atoms with Gasteiger partial charge in [-0.15, -0.1) is 0 Å². The highest BCUT2D eigenvalue weighted by Gasteiger charge is 2.26. The van der Waals surface area contributed by atoms with Gasteiger partial charge in [-0.25, -0.2) is 4.79 Å². The molecule has 0 unspecified atom stereocenters. The first-order chi connectivity index (χ1) is 12.9. The summed E-state index contributed by atoms with van der Waals surface area (Å²) in [7, 11) is 0. The molecule has 0 fully saturated rings. The van der Waals surface area contributed by atoms with E-state index in [1.165, 1.54) is 6.07 Å². The predicted molar refractivity (Wildman–Crippen MR) is 102 cm³/mol. The molecule has 0 saturated heterocycles. The van der Waals surface area contributed by atoms with Crippen LogP contribution < -0.4 is 0 Å². The van der Waals surface area contributed by atoms with E-state index >= 15 is 0 Å². The Bertz CT molecular complexity index is 1020. The molecule has 0 bridgehead atoms. The van der Waals surface area contributed by atoms with Crippen molar-refractivity contribution in [3.05, 3.63) is 69.4 Å². The summed E-state index contributed by atoms with van der Waals surface area (Å²) in [5.41, 5.74) is 1.38. The molecule has 3 rings (SSSR count). The minimum absolute atomic E-state index is 0.0273. The Labute approximate surface area is 164 Å². The number of aromatic hydroxyl groups is 1. The molecule has 0 saturated carbocycles. The zero-order chi connectivity index (χ0) is 19.6. The number of benzene rings is 2. The Morgan fingerprint density at radius 1 is 1.15 bits per heavy atom. The van der Waals surface area contributed by atoms with Crippen LogP contribution in [0.25, 0.3) is 11.3 Å². The first-order valence-electron chi connectivity index (χ1n) is 7.85. The summed E-state index contributed by atoms with van der Waals surface area (Å²) >= 11 is 12.4. The van der Waals surface area contributed by atoms with Gasteiger partial charge in [-0.05, 0) is 38.1 Å². The number of rotatable bonds is 4. The zero-order valence-corrected chi connectivity index (χ0v) is 15.9. The second kappa shape index (κ2) is 7.82. The molecule has 0 aliphatic rings. The normalized spacial score (nSPS) is 11.5. The number of aromatic nitrogens is 1. The minimum atomic E-state index is -0.783. The second-order valence-corrected chi connectivity index (χ2v) is 6.45. The monoisotopic (exact) mass is 404 g/mol. The smallest absolute Gasteiger partial charge is 0.371 e. The molecule has 0 radical (unpaired) electrons. The molecule has 1 aromatic heterocycles. The Hall–Kier alpha value is -2.83. The highest BCUT2D eigenvalue weighted by molar-refractivity contribution is 6.39. The van der Waals surface area contributed by atoms with Gasteiger partial charge in [-0.1, -0.05) is 51.7 Å². The number of hydrogen-bond donors (Lipinski definition) is 1. The van der Waals surface area contributed by atoms with E-state index in [0.717, 1.165) is 0 Å².